The fourth-order valence-corrected chi connectivity index (χ4v) is 3.32. The van der Waals surface area contributed by atoms with Crippen molar-refractivity contribution in [3.63, 3.8) is 0 Å². The molecule has 0 radical (unpaired) electrons. The Bertz CT molecular complexity index is 1030. The fraction of sp³-hybridized carbons (Fsp3) is 0.263. The Morgan fingerprint density at radius 2 is 1.58 bits per heavy atom. The van der Waals surface area contributed by atoms with Gasteiger partial charge in [-0.05, 0) is 61.0 Å². The molecule has 0 aliphatic carbocycles. The maximum Gasteiger partial charge on any atom is 0.464 e. The Hall–Kier alpha value is -2.76. The summed E-state index contributed by atoms with van der Waals surface area (Å²) in [6.45, 7) is 2.69. The molecule has 0 heterocycles. The molecule has 31 heavy (non-hydrogen) atoms. The van der Waals surface area contributed by atoms with E-state index in [1.165, 1.54) is 20.9 Å². The number of amides is 3. The summed E-state index contributed by atoms with van der Waals surface area (Å²) < 4.78 is 91.0. The number of halogens is 7. The Labute approximate surface area is 176 Å². The summed E-state index contributed by atoms with van der Waals surface area (Å²) >= 11 is -0.675. The second-order valence-corrected chi connectivity index (χ2v) is 7.53. The Balaban J connectivity index is 2.24. The first-order valence-corrected chi connectivity index (χ1v) is 9.25. The zero-order valence-electron chi connectivity index (χ0n) is 16.2. The van der Waals surface area contributed by atoms with Gasteiger partial charge in [0.2, 0.25) is 0 Å². The predicted octanol–water partition coefficient (Wildman–Crippen LogP) is 5.82. The van der Waals surface area contributed by atoms with E-state index in [1.807, 2.05) is 5.32 Å². The summed E-state index contributed by atoms with van der Waals surface area (Å²) in [4.78, 5) is 24.9. The molecule has 2 aromatic rings. The van der Waals surface area contributed by atoms with Crippen LogP contribution in [0, 0.1) is 25.5 Å². The summed E-state index contributed by atoms with van der Waals surface area (Å²) in [7, 11) is 1.20. The van der Waals surface area contributed by atoms with Gasteiger partial charge in [-0.3, -0.25) is 15.0 Å². The number of nitrogens with zero attached hydrogens (tertiary/aromatic N) is 1. The molecule has 0 saturated carbocycles. The quantitative estimate of drug-likeness (QED) is 0.455. The van der Waals surface area contributed by atoms with Gasteiger partial charge >= 0.3 is 17.5 Å². The summed E-state index contributed by atoms with van der Waals surface area (Å²) in [6, 6.07) is 3.88. The SMILES string of the molecule is Cc1c(SC(F)(F)C(F)(F)F)ccc(N(C)C(=O)NC(=O)c2cccc(F)c2F)c1C. The molecule has 0 saturated heterocycles. The van der Waals surface area contributed by atoms with Gasteiger partial charge in [0.15, 0.2) is 11.6 Å². The average molecular weight is 468 g/mol. The normalized spacial score (nSPS) is 11.9. The molecule has 0 unspecified atom stereocenters. The minimum atomic E-state index is -5.75. The molecule has 0 fully saturated rings. The molecular formula is C19H15F7N2O2S. The van der Waals surface area contributed by atoms with Crippen molar-refractivity contribution in [1.29, 1.82) is 0 Å². The summed E-state index contributed by atoms with van der Waals surface area (Å²) in [5.41, 5.74) is -0.350. The van der Waals surface area contributed by atoms with Crippen LogP contribution in [0.1, 0.15) is 21.5 Å². The van der Waals surface area contributed by atoms with Gasteiger partial charge in [0.25, 0.3) is 5.91 Å². The lowest BCUT2D eigenvalue weighted by atomic mass is 10.1. The molecule has 168 valence electrons. The minimum Gasteiger partial charge on any atom is -0.297 e. The van der Waals surface area contributed by atoms with Crippen molar-refractivity contribution in [2.24, 2.45) is 0 Å². The number of rotatable bonds is 4. The van der Waals surface area contributed by atoms with Gasteiger partial charge in [-0.25, -0.2) is 13.6 Å². The average Bonchev–Trinajstić information content (AvgIpc) is 2.66. The van der Waals surface area contributed by atoms with Gasteiger partial charge in [0.1, 0.15) is 0 Å². The molecule has 0 spiro atoms. The van der Waals surface area contributed by atoms with Crippen molar-refractivity contribution in [2.75, 3.05) is 11.9 Å². The predicted molar refractivity (Wildman–Crippen MR) is 100 cm³/mol. The van der Waals surface area contributed by atoms with Crippen molar-refractivity contribution < 1.29 is 40.3 Å². The first-order valence-electron chi connectivity index (χ1n) is 8.44. The lowest BCUT2D eigenvalue weighted by Gasteiger charge is -2.24. The molecule has 0 atom stereocenters. The molecule has 0 aliphatic rings. The standard InChI is InChI=1S/C19H15F7N2O2S/c1-9-10(2)14(31-19(25,26)18(22,23)24)8-7-13(9)28(3)17(30)27-16(29)11-5-4-6-12(20)15(11)21/h4-8H,1-3H3,(H,27,29,30). The number of imide groups is 1. The molecule has 1 N–H and O–H groups in total. The topological polar surface area (TPSA) is 49.4 Å². The number of anilines is 1. The highest BCUT2D eigenvalue weighted by Crippen LogP contribution is 2.49. The number of benzene rings is 2. The highest BCUT2D eigenvalue weighted by atomic mass is 32.2. The van der Waals surface area contributed by atoms with Crippen molar-refractivity contribution in [1.82, 2.24) is 5.32 Å². The van der Waals surface area contributed by atoms with E-state index in [2.05, 4.69) is 0 Å². The number of nitrogens with one attached hydrogen (secondary N) is 1. The van der Waals surface area contributed by atoms with Crippen LogP contribution in [-0.4, -0.2) is 30.4 Å². The maximum absolute atomic E-state index is 13.7. The number of carbonyl (C=O) groups excluding carboxylic acids is 2. The van der Waals surface area contributed by atoms with E-state index in [0.29, 0.717) is 0 Å². The molecule has 2 aromatic carbocycles. The monoisotopic (exact) mass is 468 g/mol. The highest BCUT2D eigenvalue weighted by Gasteiger charge is 2.58. The van der Waals surface area contributed by atoms with Gasteiger partial charge in [-0.2, -0.15) is 22.0 Å². The third-order valence-corrected chi connectivity index (χ3v) is 5.51. The minimum absolute atomic E-state index is 0.0635. The number of carbonyl (C=O) groups is 2. The van der Waals surface area contributed by atoms with E-state index in [1.54, 1.807) is 0 Å². The van der Waals surface area contributed by atoms with E-state index < -0.39 is 52.3 Å². The van der Waals surface area contributed by atoms with E-state index in [-0.39, 0.29) is 21.7 Å². The van der Waals surface area contributed by atoms with Crippen LogP contribution in [0.3, 0.4) is 0 Å². The van der Waals surface area contributed by atoms with Crippen molar-refractivity contribution >= 4 is 29.4 Å². The largest absolute Gasteiger partial charge is 0.464 e. The molecule has 2 rings (SSSR count). The van der Waals surface area contributed by atoms with Gasteiger partial charge in [-0.15, -0.1) is 0 Å². The molecule has 0 aromatic heterocycles. The number of hydrogen-bond acceptors (Lipinski definition) is 3. The van der Waals surface area contributed by atoms with E-state index in [4.69, 9.17) is 0 Å². The van der Waals surface area contributed by atoms with Crippen molar-refractivity contribution in [3.05, 3.63) is 58.7 Å². The van der Waals surface area contributed by atoms with Gasteiger partial charge in [0.05, 0.1) is 5.56 Å². The first kappa shape index (κ1) is 24.5. The van der Waals surface area contributed by atoms with E-state index >= 15 is 0 Å². The van der Waals surface area contributed by atoms with Gasteiger partial charge < -0.3 is 0 Å². The Morgan fingerprint density at radius 3 is 2.16 bits per heavy atom. The van der Waals surface area contributed by atoms with Crippen LogP contribution < -0.4 is 10.2 Å². The van der Waals surface area contributed by atoms with Crippen LogP contribution >= 0.6 is 11.8 Å². The molecular weight excluding hydrogens is 453 g/mol. The highest BCUT2D eigenvalue weighted by molar-refractivity contribution is 8.00. The van der Waals surface area contributed by atoms with Crippen LogP contribution in [0.2, 0.25) is 0 Å². The van der Waals surface area contributed by atoms with Crippen LogP contribution in [0.4, 0.5) is 41.2 Å². The van der Waals surface area contributed by atoms with Crippen LogP contribution in [0.5, 0.6) is 0 Å². The van der Waals surface area contributed by atoms with E-state index in [9.17, 15) is 40.3 Å². The number of alkyl halides is 5. The molecule has 4 nitrogen and oxygen atoms in total. The Kier molecular flexibility index (Phi) is 6.94. The van der Waals surface area contributed by atoms with Crippen molar-refractivity contribution in [3.8, 4) is 0 Å². The zero-order valence-corrected chi connectivity index (χ0v) is 17.0. The number of hydrogen-bond donors (Lipinski definition) is 1. The van der Waals surface area contributed by atoms with Crippen LogP contribution in [0.15, 0.2) is 35.2 Å². The molecule has 12 heteroatoms. The first-order chi connectivity index (χ1) is 14.2. The van der Waals surface area contributed by atoms with Crippen LogP contribution in [-0.2, 0) is 0 Å². The molecule has 3 amide bonds. The maximum atomic E-state index is 13.7. The Morgan fingerprint density at radius 1 is 0.968 bits per heavy atom. The van der Waals surface area contributed by atoms with Crippen molar-refractivity contribution in [2.45, 2.75) is 30.2 Å². The van der Waals surface area contributed by atoms with Gasteiger partial charge in [0, 0.05) is 17.6 Å². The second-order valence-electron chi connectivity index (χ2n) is 6.37. The summed E-state index contributed by atoms with van der Waals surface area (Å²) in [6.07, 6.45) is -5.75. The number of urea groups is 1. The van der Waals surface area contributed by atoms with Crippen LogP contribution in [0.25, 0.3) is 0 Å². The lowest BCUT2D eigenvalue weighted by molar-refractivity contribution is -0.237. The second kappa shape index (κ2) is 8.77. The summed E-state index contributed by atoms with van der Waals surface area (Å²) in [5.74, 6) is -3.96. The molecule has 0 aliphatic heterocycles. The van der Waals surface area contributed by atoms with E-state index in [0.717, 1.165) is 35.2 Å². The zero-order chi connectivity index (χ0) is 23.7. The smallest absolute Gasteiger partial charge is 0.297 e. The van der Waals surface area contributed by atoms with Gasteiger partial charge in [-0.1, -0.05) is 6.07 Å². The number of thioether (sulfide) groups is 1. The fourth-order valence-electron chi connectivity index (χ4n) is 2.49. The third kappa shape index (κ3) is 5.12. The summed E-state index contributed by atoms with van der Waals surface area (Å²) in [5, 5.41) is -3.17. The third-order valence-electron chi connectivity index (χ3n) is 4.36. The lowest BCUT2D eigenvalue weighted by Crippen LogP contribution is -2.41. The molecule has 0 bridgehead atoms.